The minimum absolute atomic E-state index is 0.536. The Balaban J connectivity index is 2.57. The van der Waals surface area contributed by atoms with Crippen molar-refractivity contribution in [1.82, 2.24) is 4.90 Å². The lowest BCUT2D eigenvalue weighted by molar-refractivity contribution is 0.335. The van der Waals surface area contributed by atoms with Crippen molar-refractivity contribution in [3.63, 3.8) is 0 Å². The fraction of sp³-hybridized carbons (Fsp3) is 0.333. The minimum Gasteiger partial charge on any atom is -0.301 e. The van der Waals surface area contributed by atoms with Gasteiger partial charge in [0, 0.05) is 19.5 Å². The van der Waals surface area contributed by atoms with Crippen LogP contribution in [0.25, 0.3) is 0 Å². The number of hydrogen-bond donors (Lipinski definition) is 0. The van der Waals surface area contributed by atoms with Crippen molar-refractivity contribution in [2.75, 3.05) is 13.6 Å². The Hall–Kier alpha value is -1.84. The monoisotopic (exact) mass is 199 g/mol. The van der Waals surface area contributed by atoms with Crippen molar-refractivity contribution in [2.24, 2.45) is 0 Å². The highest BCUT2D eigenvalue weighted by molar-refractivity contribution is 5.32. The Kier molecular flexibility index (Phi) is 4.34. The Morgan fingerprint density at radius 1 is 1.33 bits per heavy atom. The van der Waals surface area contributed by atoms with Crippen LogP contribution in [-0.4, -0.2) is 18.5 Å². The molecule has 0 spiro atoms. The highest BCUT2D eigenvalue weighted by Gasteiger charge is 2.00. The van der Waals surface area contributed by atoms with Gasteiger partial charge in [0.2, 0.25) is 0 Å². The van der Waals surface area contributed by atoms with Gasteiger partial charge in [0.25, 0.3) is 0 Å². The second kappa shape index (κ2) is 5.80. The van der Waals surface area contributed by atoms with E-state index in [9.17, 15) is 0 Å². The van der Waals surface area contributed by atoms with Crippen LogP contribution in [0.3, 0.4) is 0 Å². The van der Waals surface area contributed by atoms with Crippen LogP contribution in [0.4, 0.5) is 0 Å². The molecule has 0 amide bonds. The summed E-state index contributed by atoms with van der Waals surface area (Å²) in [6.07, 6.45) is 0.536. The van der Waals surface area contributed by atoms with Crippen molar-refractivity contribution in [3.05, 3.63) is 35.4 Å². The molecule has 0 radical (unpaired) electrons. The first kappa shape index (κ1) is 11.2. The first-order valence-electron chi connectivity index (χ1n) is 4.81. The van der Waals surface area contributed by atoms with E-state index in [1.54, 1.807) is 6.07 Å². The van der Waals surface area contributed by atoms with Gasteiger partial charge >= 0.3 is 0 Å². The summed E-state index contributed by atoms with van der Waals surface area (Å²) in [5.41, 5.74) is 1.79. The van der Waals surface area contributed by atoms with Crippen LogP contribution >= 0.6 is 0 Å². The van der Waals surface area contributed by atoms with Crippen LogP contribution in [0.2, 0.25) is 0 Å². The summed E-state index contributed by atoms with van der Waals surface area (Å²) in [7, 11) is 1.97. The molecular formula is C12H13N3. The van der Waals surface area contributed by atoms with Crippen LogP contribution in [-0.2, 0) is 6.54 Å². The van der Waals surface area contributed by atoms with Crippen molar-refractivity contribution in [1.29, 1.82) is 10.5 Å². The molecule has 0 bridgehead atoms. The van der Waals surface area contributed by atoms with Crippen molar-refractivity contribution in [3.8, 4) is 12.1 Å². The van der Waals surface area contributed by atoms with Crippen LogP contribution in [0, 0.1) is 22.7 Å². The molecule has 0 aromatic heterocycles. The molecule has 1 rings (SSSR count). The highest BCUT2D eigenvalue weighted by Crippen LogP contribution is 2.06. The molecule has 1 aromatic carbocycles. The van der Waals surface area contributed by atoms with Crippen LogP contribution in [0.5, 0.6) is 0 Å². The van der Waals surface area contributed by atoms with E-state index in [-0.39, 0.29) is 0 Å². The van der Waals surface area contributed by atoms with Gasteiger partial charge in [0.15, 0.2) is 0 Å². The summed E-state index contributed by atoms with van der Waals surface area (Å²) >= 11 is 0. The molecule has 1 aromatic rings. The quantitative estimate of drug-likeness (QED) is 0.744. The first-order valence-corrected chi connectivity index (χ1v) is 4.81. The molecule has 0 aliphatic carbocycles. The third kappa shape index (κ3) is 3.81. The van der Waals surface area contributed by atoms with E-state index >= 15 is 0 Å². The van der Waals surface area contributed by atoms with Crippen LogP contribution in [0.15, 0.2) is 24.3 Å². The molecule has 76 valence electrons. The second-order valence-corrected chi connectivity index (χ2v) is 3.46. The average molecular weight is 199 g/mol. The van der Waals surface area contributed by atoms with Crippen molar-refractivity contribution >= 4 is 0 Å². The Morgan fingerprint density at radius 2 is 2.13 bits per heavy atom. The van der Waals surface area contributed by atoms with E-state index in [2.05, 4.69) is 17.0 Å². The third-order valence-corrected chi connectivity index (χ3v) is 2.11. The van der Waals surface area contributed by atoms with E-state index in [1.807, 2.05) is 25.2 Å². The van der Waals surface area contributed by atoms with E-state index < -0.39 is 0 Å². The van der Waals surface area contributed by atoms with Gasteiger partial charge in [-0.25, -0.2) is 0 Å². The van der Waals surface area contributed by atoms with Gasteiger partial charge in [0.1, 0.15) is 0 Å². The summed E-state index contributed by atoms with van der Waals surface area (Å²) in [4.78, 5) is 2.07. The molecule has 0 heterocycles. The van der Waals surface area contributed by atoms with Gasteiger partial charge in [-0.2, -0.15) is 10.5 Å². The lowest BCUT2D eigenvalue weighted by Gasteiger charge is -2.14. The maximum atomic E-state index is 8.73. The Labute approximate surface area is 90.2 Å². The smallest absolute Gasteiger partial charge is 0.0991 e. The average Bonchev–Trinajstić information content (AvgIpc) is 2.26. The molecule has 0 unspecified atom stereocenters. The Bertz CT molecular complexity index is 398. The molecule has 0 atom stereocenters. The topological polar surface area (TPSA) is 50.8 Å². The van der Waals surface area contributed by atoms with Crippen LogP contribution < -0.4 is 0 Å². The van der Waals surface area contributed by atoms with Crippen molar-refractivity contribution < 1.29 is 0 Å². The zero-order chi connectivity index (χ0) is 11.1. The minimum atomic E-state index is 0.536. The lowest BCUT2D eigenvalue weighted by Crippen LogP contribution is -2.18. The highest BCUT2D eigenvalue weighted by atomic mass is 15.1. The molecule has 0 saturated heterocycles. The summed E-state index contributed by atoms with van der Waals surface area (Å²) in [5.74, 6) is 0. The molecule has 0 aliphatic rings. The normalized spacial score (nSPS) is 9.60. The summed E-state index contributed by atoms with van der Waals surface area (Å²) in [6, 6.07) is 11.8. The standard InChI is InChI=1S/C12H13N3/c1-15(7-3-6-13)10-12-5-2-4-11(8-12)9-14/h2,4-5,8H,3,7,10H2,1H3. The predicted molar refractivity (Wildman–Crippen MR) is 57.7 cm³/mol. The maximum Gasteiger partial charge on any atom is 0.0991 e. The van der Waals surface area contributed by atoms with E-state index in [4.69, 9.17) is 10.5 Å². The fourth-order valence-corrected chi connectivity index (χ4v) is 1.37. The van der Waals surface area contributed by atoms with Gasteiger partial charge in [0.05, 0.1) is 17.7 Å². The number of rotatable bonds is 4. The summed E-state index contributed by atoms with van der Waals surface area (Å²) < 4.78 is 0. The summed E-state index contributed by atoms with van der Waals surface area (Å²) in [6.45, 7) is 1.53. The molecular weight excluding hydrogens is 186 g/mol. The van der Waals surface area contributed by atoms with Gasteiger partial charge in [-0.15, -0.1) is 0 Å². The molecule has 15 heavy (non-hydrogen) atoms. The van der Waals surface area contributed by atoms with Gasteiger partial charge in [-0.3, -0.25) is 0 Å². The number of nitriles is 2. The first-order chi connectivity index (χ1) is 7.26. The third-order valence-electron chi connectivity index (χ3n) is 2.11. The van der Waals surface area contributed by atoms with E-state index in [0.29, 0.717) is 12.0 Å². The molecule has 3 nitrogen and oxygen atoms in total. The van der Waals surface area contributed by atoms with Crippen molar-refractivity contribution in [2.45, 2.75) is 13.0 Å². The largest absolute Gasteiger partial charge is 0.301 e. The van der Waals surface area contributed by atoms with Gasteiger partial charge in [-0.1, -0.05) is 12.1 Å². The maximum absolute atomic E-state index is 8.73. The molecule has 0 N–H and O–H groups in total. The van der Waals surface area contributed by atoms with E-state index in [0.717, 1.165) is 18.7 Å². The van der Waals surface area contributed by atoms with Gasteiger partial charge < -0.3 is 4.90 Å². The number of nitrogens with zero attached hydrogens (tertiary/aromatic N) is 3. The summed E-state index contributed by atoms with van der Waals surface area (Å²) in [5, 5.41) is 17.2. The molecule has 3 heteroatoms. The number of hydrogen-bond acceptors (Lipinski definition) is 3. The lowest BCUT2D eigenvalue weighted by atomic mass is 10.1. The zero-order valence-corrected chi connectivity index (χ0v) is 8.77. The fourth-order valence-electron chi connectivity index (χ4n) is 1.37. The van der Waals surface area contributed by atoms with Gasteiger partial charge in [-0.05, 0) is 24.7 Å². The second-order valence-electron chi connectivity index (χ2n) is 3.46. The zero-order valence-electron chi connectivity index (χ0n) is 8.77. The SMILES string of the molecule is CN(CCC#N)Cc1cccc(C#N)c1. The van der Waals surface area contributed by atoms with E-state index in [1.165, 1.54) is 0 Å². The predicted octanol–water partition coefficient (Wildman–Crippen LogP) is 1.90. The Morgan fingerprint density at radius 3 is 2.80 bits per heavy atom. The molecule has 0 fully saturated rings. The number of benzene rings is 1. The molecule has 0 saturated carbocycles. The van der Waals surface area contributed by atoms with Crippen LogP contribution in [0.1, 0.15) is 17.5 Å². The molecule has 0 aliphatic heterocycles.